The Morgan fingerprint density at radius 1 is 1.02 bits per heavy atom. The van der Waals surface area contributed by atoms with Crippen LogP contribution < -0.4 is 20.3 Å². The van der Waals surface area contributed by atoms with Gasteiger partial charge in [0, 0.05) is 43.3 Å². The van der Waals surface area contributed by atoms with Crippen molar-refractivity contribution in [2.75, 3.05) is 31.1 Å². The standard InChI is InChI=1S/C34H36ClF3N4O4/c1-21(43)40-15-14-23-6-11-27(35)24(17-23)20-41(25-9-10-25)34(45)30-18-39-19-31(44)42(30)26-7-4-22(5-8-26)3-2-16-46-33-29(37)13-12-28(36)32(33)38/h4-8,11-13,17,25,30,39H,2-3,9-10,14-16,18-20H2,1H3,(H,40,43)/t30-/m1/s1. The molecule has 2 aliphatic rings. The van der Waals surface area contributed by atoms with E-state index in [-0.39, 0.29) is 36.9 Å². The van der Waals surface area contributed by atoms with Crippen LogP contribution in [0.2, 0.25) is 5.02 Å². The molecule has 5 rings (SSSR count). The number of nitrogens with zero attached hydrogens (tertiary/aromatic N) is 2. The van der Waals surface area contributed by atoms with E-state index < -0.39 is 29.2 Å². The largest absolute Gasteiger partial charge is 0.488 e. The molecule has 2 N–H and O–H groups in total. The van der Waals surface area contributed by atoms with E-state index in [1.165, 1.54) is 6.92 Å². The van der Waals surface area contributed by atoms with Gasteiger partial charge < -0.3 is 20.3 Å². The van der Waals surface area contributed by atoms with Gasteiger partial charge in [-0.2, -0.15) is 4.39 Å². The summed E-state index contributed by atoms with van der Waals surface area (Å²) in [5.74, 6) is -4.73. The topological polar surface area (TPSA) is 91.0 Å². The van der Waals surface area contributed by atoms with Crippen LogP contribution in [0.5, 0.6) is 5.75 Å². The van der Waals surface area contributed by atoms with Crippen LogP contribution in [0.3, 0.4) is 0 Å². The Morgan fingerprint density at radius 3 is 2.46 bits per heavy atom. The van der Waals surface area contributed by atoms with Crippen molar-refractivity contribution in [3.05, 3.63) is 93.8 Å². The third-order valence-electron chi connectivity index (χ3n) is 8.06. The van der Waals surface area contributed by atoms with Crippen LogP contribution in [0.4, 0.5) is 18.9 Å². The number of halogens is 4. The Hall–Kier alpha value is -4.09. The Morgan fingerprint density at radius 2 is 1.74 bits per heavy atom. The number of benzene rings is 3. The Kier molecular flexibility index (Phi) is 10.9. The molecule has 1 saturated carbocycles. The first-order valence-electron chi connectivity index (χ1n) is 15.3. The Balaban J connectivity index is 1.24. The van der Waals surface area contributed by atoms with Gasteiger partial charge in [0.2, 0.25) is 23.5 Å². The molecule has 1 aliphatic heterocycles. The molecule has 1 heterocycles. The first-order chi connectivity index (χ1) is 22.1. The summed E-state index contributed by atoms with van der Waals surface area (Å²) in [6, 6.07) is 13.7. The summed E-state index contributed by atoms with van der Waals surface area (Å²) in [6.45, 7) is 2.64. The molecule has 3 aromatic carbocycles. The lowest BCUT2D eigenvalue weighted by Gasteiger charge is -2.38. The van der Waals surface area contributed by atoms with E-state index in [0.29, 0.717) is 55.7 Å². The molecule has 1 aliphatic carbocycles. The number of rotatable bonds is 13. The van der Waals surface area contributed by atoms with E-state index in [4.69, 9.17) is 16.3 Å². The number of carbonyl (C=O) groups is 3. The minimum absolute atomic E-state index is 0.0227. The molecule has 244 valence electrons. The maximum Gasteiger partial charge on any atom is 0.247 e. The lowest BCUT2D eigenvalue weighted by molar-refractivity contribution is -0.136. The van der Waals surface area contributed by atoms with Crippen molar-refractivity contribution in [3.8, 4) is 5.75 Å². The average Bonchev–Trinajstić information content (AvgIpc) is 3.88. The first-order valence-corrected chi connectivity index (χ1v) is 15.7. The molecule has 0 aromatic heterocycles. The number of carbonyl (C=O) groups excluding carboxylic acids is 3. The van der Waals surface area contributed by atoms with E-state index in [1.54, 1.807) is 23.1 Å². The highest BCUT2D eigenvalue weighted by atomic mass is 35.5. The summed E-state index contributed by atoms with van der Waals surface area (Å²) in [6.07, 6.45) is 3.29. The summed E-state index contributed by atoms with van der Waals surface area (Å²) >= 11 is 6.56. The normalized spacial score (nSPS) is 16.3. The number of piperazine rings is 1. The lowest BCUT2D eigenvalue weighted by atomic mass is 10.0. The Bertz CT molecular complexity index is 1590. The van der Waals surface area contributed by atoms with Crippen LogP contribution >= 0.6 is 11.6 Å². The molecule has 3 aromatic rings. The van der Waals surface area contributed by atoms with Gasteiger partial charge in [-0.3, -0.25) is 19.3 Å². The van der Waals surface area contributed by atoms with Gasteiger partial charge in [0.1, 0.15) is 6.04 Å². The molecular formula is C34H36ClF3N4O4. The summed E-state index contributed by atoms with van der Waals surface area (Å²) < 4.78 is 46.2. The van der Waals surface area contributed by atoms with Crippen LogP contribution in [0.15, 0.2) is 54.6 Å². The molecule has 2 fully saturated rings. The van der Waals surface area contributed by atoms with E-state index in [0.717, 1.165) is 35.6 Å². The highest BCUT2D eigenvalue weighted by Crippen LogP contribution is 2.33. The first kappa shape index (κ1) is 33.3. The monoisotopic (exact) mass is 656 g/mol. The van der Waals surface area contributed by atoms with Gasteiger partial charge in [0.15, 0.2) is 17.4 Å². The fourth-order valence-electron chi connectivity index (χ4n) is 5.54. The molecule has 1 saturated heterocycles. The van der Waals surface area contributed by atoms with Crippen molar-refractivity contribution in [1.29, 1.82) is 0 Å². The Labute approximate surface area is 270 Å². The molecule has 8 nitrogen and oxygen atoms in total. The molecule has 0 spiro atoms. The van der Waals surface area contributed by atoms with Crippen molar-refractivity contribution < 1.29 is 32.3 Å². The van der Waals surface area contributed by atoms with Crippen LogP contribution in [-0.4, -0.2) is 60.9 Å². The SMILES string of the molecule is CC(=O)NCCc1ccc(Cl)c(CN(C(=O)[C@H]2CNCC(=O)N2c2ccc(CCCOc3c(F)ccc(F)c3F)cc2)C2CC2)c1. The number of hydrogen-bond donors (Lipinski definition) is 2. The third kappa shape index (κ3) is 8.19. The van der Waals surface area contributed by atoms with Crippen molar-refractivity contribution in [2.24, 2.45) is 0 Å². The van der Waals surface area contributed by atoms with E-state index in [1.807, 2.05) is 29.2 Å². The van der Waals surface area contributed by atoms with E-state index in [2.05, 4.69) is 10.6 Å². The van der Waals surface area contributed by atoms with Crippen molar-refractivity contribution in [2.45, 2.75) is 57.7 Å². The summed E-state index contributed by atoms with van der Waals surface area (Å²) in [4.78, 5) is 41.9. The molecule has 46 heavy (non-hydrogen) atoms. The van der Waals surface area contributed by atoms with Gasteiger partial charge in [0.25, 0.3) is 0 Å². The molecule has 3 amide bonds. The minimum atomic E-state index is -1.36. The zero-order valence-corrected chi connectivity index (χ0v) is 26.2. The fourth-order valence-corrected chi connectivity index (χ4v) is 5.72. The highest BCUT2D eigenvalue weighted by Gasteiger charge is 2.41. The quantitative estimate of drug-likeness (QED) is 0.201. The number of amides is 3. The summed E-state index contributed by atoms with van der Waals surface area (Å²) in [5, 5.41) is 6.41. The lowest BCUT2D eigenvalue weighted by Crippen LogP contribution is -2.61. The van der Waals surface area contributed by atoms with E-state index >= 15 is 0 Å². The molecule has 0 bridgehead atoms. The maximum absolute atomic E-state index is 14.1. The highest BCUT2D eigenvalue weighted by molar-refractivity contribution is 6.31. The number of hydrogen-bond acceptors (Lipinski definition) is 5. The van der Waals surface area contributed by atoms with Crippen LogP contribution in [0.25, 0.3) is 0 Å². The second-order valence-electron chi connectivity index (χ2n) is 11.6. The van der Waals surface area contributed by atoms with Crippen LogP contribution in [-0.2, 0) is 33.8 Å². The number of anilines is 1. The molecular weight excluding hydrogens is 621 g/mol. The molecule has 0 radical (unpaired) electrons. The van der Waals surface area contributed by atoms with Gasteiger partial charge in [0.05, 0.1) is 13.2 Å². The van der Waals surface area contributed by atoms with Crippen LogP contribution in [0.1, 0.15) is 42.9 Å². The number of nitrogens with one attached hydrogen (secondary N) is 2. The minimum Gasteiger partial charge on any atom is -0.488 e. The van der Waals surface area contributed by atoms with Crippen molar-refractivity contribution >= 4 is 35.0 Å². The van der Waals surface area contributed by atoms with Crippen molar-refractivity contribution in [3.63, 3.8) is 0 Å². The smallest absolute Gasteiger partial charge is 0.247 e. The predicted molar refractivity (Wildman–Crippen MR) is 168 cm³/mol. The van der Waals surface area contributed by atoms with E-state index in [9.17, 15) is 27.6 Å². The number of ether oxygens (including phenoxy) is 1. The van der Waals surface area contributed by atoms with Gasteiger partial charge in [-0.05, 0) is 79.1 Å². The number of aryl methyl sites for hydroxylation is 1. The second kappa shape index (κ2) is 15.0. The van der Waals surface area contributed by atoms with Gasteiger partial charge in [-0.1, -0.05) is 35.9 Å². The summed E-state index contributed by atoms with van der Waals surface area (Å²) in [7, 11) is 0. The van der Waals surface area contributed by atoms with Gasteiger partial charge in [-0.25, -0.2) is 8.78 Å². The molecule has 12 heteroatoms. The zero-order chi connectivity index (χ0) is 32.8. The predicted octanol–water partition coefficient (Wildman–Crippen LogP) is 4.94. The van der Waals surface area contributed by atoms with Gasteiger partial charge in [-0.15, -0.1) is 0 Å². The van der Waals surface area contributed by atoms with Crippen LogP contribution in [0, 0.1) is 17.5 Å². The molecule has 0 unspecified atom stereocenters. The van der Waals surface area contributed by atoms with Crippen molar-refractivity contribution in [1.82, 2.24) is 15.5 Å². The second-order valence-corrected chi connectivity index (χ2v) is 12.0. The molecule has 1 atom stereocenters. The van der Waals surface area contributed by atoms with Gasteiger partial charge >= 0.3 is 0 Å². The third-order valence-corrected chi connectivity index (χ3v) is 8.43. The summed E-state index contributed by atoms with van der Waals surface area (Å²) in [5.41, 5.74) is 3.28. The maximum atomic E-state index is 14.1. The average molecular weight is 657 g/mol. The fraction of sp³-hybridized carbons (Fsp3) is 0.382. The zero-order valence-electron chi connectivity index (χ0n) is 25.5.